The molecule has 4 heteroatoms. The first-order valence-electron chi connectivity index (χ1n) is 6.47. The second-order valence-corrected chi connectivity index (χ2v) is 5.91. The SMILES string of the molecule is CN(CC1CCOCC1)c1nc2ccccc2s1. The molecule has 0 amide bonds. The summed E-state index contributed by atoms with van der Waals surface area (Å²) in [5.41, 5.74) is 1.11. The Kier molecular flexibility index (Phi) is 3.48. The number of hydrogen-bond acceptors (Lipinski definition) is 4. The monoisotopic (exact) mass is 262 g/mol. The summed E-state index contributed by atoms with van der Waals surface area (Å²) in [6.07, 6.45) is 2.35. The van der Waals surface area contributed by atoms with Crippen molar-refractivity contribution in [2.45, 2.75) is 12.8 Å². The van der Waals surface area contributed by atoms with Gasteiger partial charge in [-0.25, -0.2) is 4.98 Å². The summed E-state index contributed by atoms with van der Waals surface area (Å²) in [5, 5.41) is 1.13. The van der Waals surface area contributed by atoms with Gasteiger partial charge >= 0.3 is 0 Å². The molecule has 1 saturated heterocycles. The van der Waals surface area contributed by atoms with E-state index in [4.69, 9.17) is 9.72 Å². The first-order chi connectivity index (χ1) is 8.83. The summed E-state index contributed by atoms with van der Waals surface area (Å²) in [4.78, 5) is 6.98. The third-order valence-corrected chi connectivity index (χ3v) is 4.63. The van der Waals surface area contributed by atoms with Crippen LogP contribution >= 0.6 is 11.3 Å². The molecule has 1 aliphatic heterocycles. The molecule has 0 aliphatic carbocycles. The highest BCUT2D eigenvalue weighted by Crippen LogP contribution is 2.29. The molecular formula is C14H18N2OS. The van der Waals surface area contributed by atoms with E-state index in [1.807, 2.05) is 6.07 Å². The molecule has 1 aromatic heterocycles. The number of fused-ring (bicyclic) bond motifs is 1. The summed E-state index contributed by atoms with van der Waals surface area (Å²) in [6.45, 7) is 2.92. The van der Waals surface area contributed by atoms with Gasteiger partial charge in [0, 0.05) is 26.8 Å². The van der Waals surface area contributed by atoms with Gasteiger partial charge in [-0.2, -0.15) is 0 Å². The van der Waals surface area contributed by atoms with Gasteiger partial charge in [0.25, 0.3) is 0 Å². The third kappa shape index (κ3) is 2.49. The highest BCUT2D eigenvalue weighted by atomic mass is 32.1. The van der Waals surface area contributed by atoms with Crippen LogP contribution in [0.2, 0.25) is 0 Å². The molecule has 0 radical (unpaired) electrons. The molecule has 1 aromatic carbocycles. The predicted molar refractivity (Wildman–Crippen MR) is 76.4 cm³/mol. The van der Waals surface area contributed by atoms with Crippen molar-refractivity contribution in [3.63, 3.8) is 0 Å². The van der Waals surface area contributed by atoms with E-state index in [1.165, 1.54) is 17.5 Å². The smallest absolute Gasteiger partial charge is 0.186 e. The lowest BCUT2D eigenvalue weighted by Crippen LogP contribution is -2.29. The van der Waals surface area contributed by atoms with E-state index in [0.717, 1.165) is 36.3 Å². The second-order valence-electron chi connectivity index (χ2n) is 4.90. The number of nitrogens with zero attached hydrogens (tertiary/aromatic N) is 2. The van der Waals surface area contributed by atoms with Crippen molar-refractivity contribution in [3.8, 4) is 0 Å². The van der Waals surface area contributed by atoms with Crippen molar-refractivity contribution in [1.82, 2.24) is 4.98 Å². The van der Waals surface area contributed by atoms with Gasteiger partial charge in [0.05, 0.1) is 10.2 Å². The number of ether oxygens (including phenoxy) is 1. The van der Waals surface area contributed by atoms with E-state index >= 15 is 0 Å². The molecule has 1 aliphatic rings. The number of para-hydroxylation sites is 1. The Morgan fingerprint density at radius 2 is 2.11 bits per heavy atom. The zero-order valence-corrected chi connectivity index (χ0v) is 11.4. The van der Waals surface area contributed by atoms with Gasteiger partial charge in [-0.3, -0.25) is 0 Å². The molecule has 0 unspecified atom stereocenters. The fourth-order valence-corrected chi connectivity index (χ4v) is 3.35. The molecular weight excluding hydrogens is 244 g/mol. The van der Waals surface area contributed by atoms with Gasteiger partial charge in [-0.1, -0.05) is 23.5 Å². The predicted octanol–water partition coefficient (Wildman–Crippen LogP) is 3.16. The zero-order valence-electron chi connectivity index (χ0n) is 10.6. The minimum Gasteiger partial charge on any atom is -0.381 e. The van der Waals surface area contributed by atoms with E-state index in [9.17, 15) is 0 Å². The quantitative estimate of drug-likeness (QED) is 0.849. The molecule has 0 spiro atoms. The molecule has 96 valence electrons. The first kappa shape index (κ1) is 11.9. The number of anilines is 1. The van der Waals surface area contributed by atoms with E-state index in [0.29, 0.717) is 0 Å². The molecule has 3 nitrogen and oxygen atoms in total. The van der Waals surface area contributed by atoms with Crippen molar-refractivity contribution in [2.75, 3.05) is 31.7 Å². The van der Waals surface area contributed by atoms with Crippen LogP contribution in [0.4, 0.5) is 5.13 Å². The fourth-order valence-electron chi connectivity index (χ4n) is 2.42. The number of hydrogen-bond donors (Lipinski definition) is 0. The number of thiazole rings is 1. The molecule has 0 saturated carbocycles. The van der Waals surface area contributed by atoms with Crippen molar-refractivity contribution >= 4 is 26.7 Å². The standard InChI is InChI=1S/C14H18N2OS/c1-16(10-11-6-8-17-9-7-11)14-15-12-4-2-3-5-13(12)18-14/h2-5,11H,6-10H2,1H3. The molecule has 3 rings (SSSR count). The molecule has 2 aromatic rings. The Morgan fingerprint density at radius 3 is 2.89 bits per heavy atom. The molecule has 1 fully saturated rings. The average molecular weight is 262 g/mol. The van der Waals surface area contributed by atoms with Gasteiger partial charge in [0.15, 0.2) is 5.13 Å². The summed E-state index contributed by atoms with van der Waals surface area (Å²) >= 11 is 1.78. The van der Waals surface area contributed by atoms with Crippen LogP contribution in [0.25, 0.3) is 10.2 Å². The maximum Gasteiger partial charge on any atom is 0.186 e. The minimum absolute atomic E-state index is 0.746. The highest BCUT2D eigenvalue weighted by molar-refractivity contribution is 7.22. The van der Waals surface area contributed by atoms with Crippen molar-refractivity contribution < 1.29 is 4.74 Å². The minimum atomic E-state index is 0.746. The Balaban J connectivity index is 1.72. The normalized spacial score (nSPS) is 17.2. The van der Waals surface area contributed by atoms with Crippen LogP contribution in [0.1, 0.15) is 12.8 Å². The molecule has 0 atom stereocenters. The van der Waals surface area contributed by atoms with Gasteiger partial charge in [-0.15, -0.1) is 0 Å². The number of benzene rings is 1. The van der Waals surface area contributed by atoms with Crippen LogP contribution in [0.15, 0.2) is 24.3 Å². The third-order valence-electron chi connectivity index (χ3n) is 3.48. The van der Waals surface area contributed by atoms with Crippen LogP contribution < -0.4 is 4.90 Å². The van der Waals surface area contributed by atoms with E-state index in [1.54, 1.807) is 11.3 Å². The molecule has 2 heterocycles. The van der Waals surface area contributed by atoms with Gasteiger partial charge in [-0.05, 0) is 30.9 Å². The average Bonchev–Trinajstić information content (AvgIpc) is 2.84. The lowest BCUT2D eigenvalue weighted by Gasteiger charge is -2.26. The lowest BCUT2D eigenvalue weighted by molar-refractivity contribution is 0.0685. The molecule has 0 N–H and O–H groups in total. The van der Waals surface area contributed by atoms with Crippen molar-refractivity contribution in [1.29, 1.82) is 0 Å². The largest absolute Gasteiger partial charge is 0.381 e. The Bertz CT molecular complexity index is 486. The van der Waals surface area contributed by atoms with Gasteiger partial charge in [0.1, 0.15) is 0 Å². The number of rotatable bonds is 3. The fraction of sp³-hybridized carbons (Fsp3) is 0.500. The number of aromatic nitrogens is 1. The second kappa shape index (κ2) is 5.24. The lowest BCUT2D eigenvalue weighted by atomic mass is 10.0. The van der Waals surface area contributed by atoms with Crippen molar-refractivity contribution in [3.05, 3.63) is 24.3 Å². The summed E-state index contributed by atoms with van der Waals surface area (Å²) in [5.74, 6) is 0.746. The summed E-state index contributed by atoms with van der Waals surface area (Å²) < 4.78 is 6.67. The Morgan fingerprint density at radius 1 is 1.33 bits per heavy atom. The van der Waals surface area contributed by atoms with Crippen LogP contribution in [0, 0.1) is 5.92 Å². The van der Waals surface area contributed by atoms with Crippen LogP contribution in [-0.2, 0) is 4.74 Å². The Labute approximate surface area is 111 Å². The van der Waals surface area contributed by atoms with Gasteiger partial charge < -0.3 is 9.64 Å². The molecule has 18 heavy (non-hydrogen) atoms. The van der Waals surface area contributed by atoms with E-state index in [-0.39, 0.29) is 0 Å². The van der Waals surface area contributed by atoms with E-state index in [2.05, 4.69) is 30.1 Å². The Hall–Kier alpha value is -1.13. The summed E-state index contributed by atoms with van der Waals surface area (Å²) in [7, 11) is 2.15. The molecule has 0 bridgehead atoms. The van der Waals surface area contributed by atoms with Crippen molar-refractivity contribution in [2.24, 2.45) is 5.92 Å². The van der Waals surface area contributed by atoms with Crippen LogP contribution in [-0.4, -0.2) is 31.8 Å². The maximum atomic E-state index is 5.40. The summed E-state index contributed by atoms with van der Waals surface area (Å²) in [6, 6.07) is 8.34. The highest BCUT2D eigenvalue weighted by Gasteiger charge is 2.17. The topological polar surface area (TPSA) is 25.4 Å². The van der Waals surface area contributed by atoms with Gasteiger partial charge in [0.2, 0.25) is 0 Å². The zero-order chi connectivity index (χ0) is 12.4. The van der Waals surface area contributed by atoms with E-state index < -0.39 is 0 Å². The van der Waals surface area contributed by atoms with Crippen LogP contribution in [0.5, 0.6) is 0 Å². The first-order valence-corrected chi connectivity index (χ1v) is 7.29. The maximum absolute atomic E-state index is 5.40. The van der Waals surface area contributed by atoms with Crippen LogP contribution in [0.3, 0.4) is 0 Å².